The molecule has 0 unspecified atom stereocenters. The first-order valence-electron chi connectivity index (χ1n) is 4.84. The number of rotatable bonds is 2. The van der Waals surface area contributed by atoms with Gasteiger partial charge in [0.15, 0.2) is 0 Å². The van der Waals surface area contributed by atoms with Crippen LogP contribution in [0.5, 0.6) is 0 Å². The van der Waals surface area contributed by atoms with E-state index in [1.165, 1.54) is 0 Å². The molecule has 2 heterocycles. The topological polar surface area (TPSA) is 88.9 Å². The normalized spacial score (nSPS) is 8.67. The summed E-state index contributed by atoms with van der Waals surface area (Å²) >= 11 is 0. The minimum absolute atomic E-state index is 0. The summed E-state index contributed by atoms with van der Waals surface area (Å²) in [4.78, 5) is 0. The lowest BCUT2D eigenvalue weighted by atomic mass is 10.4. The van der Waals surface area contributed by atoms with Crippen LogP contribution in [0.4, 0.5) is 0 Å². The molecule has 0 aliphatic carbocycles. The van der Waals surface area contributed by atoms with Crippen molar-refractivity contribution in [3.63, 3.8) is 0 Å². The van der Waals surface area contributed by atoms with Crippen LogP contribution >= 0.6 is 0 Å². The van der Waals surface area contributed by atoms with Crippen molar-refractivity contribution in [2.45, 2.75) is 26.7 Å². The monoisotopic (exact) mass is 210 g/mol. The van der Waals surface area contributed by atoms with Gasteiger partial charge in [0.1, 0.15) is 0 Å². The van der Waals surface area contributed by atoms with Crippen LogP contribution in [0.1, 0.15) is 25.2 Å². The Balaban J connectivity index is 0.000000245. The van der Waals surface area contributed by atoms with E-state index >= 15 is 0 Å². The van der Waals surface area contributed by atoms with E-state index in [9.17, 15) is 0 Å². The summed E-state index contributed by atoms with van der Waals surface area (Å²) in [5.41, 5.74) is 2.25. The van der Waals surface area contributed by atoms with Gasteiger partial charge in [-0.15, -0.1) is 0 Å². The molecule has 5 heteroatoms. The minimum Gasteiger partial charge on any atom is -0.412 e. The second-order valence-electron chi connectivity index (χ2n) is 2.84. The first-order valence-corrected chi connectivity index (χ1v) is 4.84. The fraction of sp³-hybridized carbons (Fsp3) is 0.400. The average Bonchev–Trinajstić information content (AvgIpc) is 2.92. The molecule has 0 amide bonds. The Morgan fingerprint density at radius 1 is 0.933 bits per heavy atom. The minimum atomic E-state index is 0. The Morgan fingerprint density at radius 3 is 1.47 bits per heavy atom. The smallest absolute Gasteiger partial charge is 0.0619 e. The predicted octanol–water partition coefficient (Wildman–Crippen LogP) is 1.12. The Bertz CT molecular complexity index is 281. The molecule has 0 atom stereocenters. The number of nitrogens with one attached hydrogen (secondary N) is 2. The van der Waals surface area contributed by atoms with Crippen LogP contribution in [-0.4, -0.2) is 25.9 Å². The third-order valence-electron chi connectivity index (χ3n) is 1.84. The van der Waals surface area contributed by atoms with Gasteiger partial charge in [-0.1, -0.05) is 13.8 Å². The van der Waals surface area contributed by atoms with Gasteiger partial charge in [-0.3, -0.25) is 10.2 Å². The van der Waals surface area contributed by atoms with Gasteiger partial charge >= 0.3 is 0 Å². The summed E-state index contributed by atoms with van der Waals surface area (Å²) in [5.74, 6) is 0. The van der Waals surface area contributed by atoms with Gasteiger partial charge in [-0.2, -0.15) is 10.2 Å². The molecule has 2 aromatic heterocycles. The molecule has 15 heavy (non-hydrogen) atoms. The third kappa shape index (κ3) is 4.97. The molecule has 5 nitrogen and oxygen atoms in total. The Kier molecular flexibility index (Phi) is 6.92. The van der Waals surface area contributed by atoms with E-state index in [1.807, 2.05) is 24.5 Å². The molecule has 0 aliphatic heterocycles. The van der Waals surface area contributed by atoms with Crippen molar-refractivity contribution in [2.24, 2.45) is 0 Å². The van der Waals surface area contributed by atoms with Crippen LogP contribution in [0.15, 0.2) is 24.5 Å². The van der Waals surface area contributed by atoms with Crippen molar-refractivity contribution in [1.29, 1.82) is 0 Å². The predicted molar refractivity (Wildman–Crippen MR) is 59.5 cm³/mol. The summed E-state index contributed by atoms with van der Waals surface area (Å²) in [7, 11) is 0. The van der Waals surface area contributed by atoms with E-state index in [2.05, 4.69) is 34.2 Å². The molecular formula is C10H18N4O. The molecule has 0 aromatic carbocycles. The lowest BCUT2D eigenvalue weighted by Gasteiger charge is -1.77. The molecule has 4 N–H and O–H groups in total. The van der Waals surface area contributed by atoms with E-state index in [0.29, 0.717) is 0 Å². The van der Waals surface area contributed by atoms with E-state index in [4.69, 9.17) is 0 Å². The number of aromatic amines is 2. The molecule has 84 valence electrons. The van der Waals surface area contributed by atoms with Crippen molar-refractivity contribution in [3.8, 4) is 0 Å². The average molecular weight is 210 g/mol. The lowest BCUT2D eigenvalue weighted by Crippen LogP contribution is -1.75. The summed E-state index contributed by atoms with van der Waals surface area (Å²) in [6, 6.07) is 3.94. The van der Waals surface area contributed by atoms with Crippen LogP contribution in [0.3, 0.4) is 0 Å². The summed E-state index contributed by atoms with van der Waals surface area (Å²) in [6.07, 6.45) is 5.70. The first-order chi connectivity index (χ1) is 6.86. The maximum Gasteiger partial charge on any atom is 0.0619 e. The van der Waals surface area contributed by atoms with Crippen LogP contribution in [-0.2, 0) is 12.8 Å². The number of nitrogens with zero attached hydrogens (tertiary/aromatic N) is 2. The van der Waals surface area contributed by atoms with Gasteiger partial charge in [0.2, 0.25) is 0 Å². The molecule has 0 spiro atoms. The third-order valence-corrected chi connectivity index (χ3v) is 1.84. The number of H-pyrrole nitrogens is 2. The molecule has 0 radical (unpaired) electrons. The van der Waals surface area contributed by atoms with Gasteiger partial charge in [0, 0.05) is 12.4 Å². The van der Waals surface area contributed by atoms with Gasteiger partial charge in [-0.05, 0) is 25.0 Å². The molecule has 0 bridgehead atoms. The zero-order valence-electron chi connectivity index (χ0n) is 9.12. The maximum atomic E-state index is 3.91. The highest BCUT2D eigenvalue weighted by atomic mass is 16.0. The maximum absolute atomic E-state index is 3.91. The standard InChI is InChI=1S/2C5H8N2.H2O/c2*1-2-5-3-4-6-7-5;/h2*3-4H,2H2,1H3,(H,6,7);1H2. The van der Waals surface area contributed by atoms with Gasteiger partial charge < -0.3 is 5.48 Å². The molecule has 0 saturated carbocycles. The van der Waals surface area contributed by atoms with E-state index in [1.54, 1.807) is 0 Å². The summed E-state index contributed by atoms with van der Waals surface area (Å²) < 4.78 is 0. The van der Waals surface area contributed by atoms with Crippen molar-refractivity contribution in [2.75, 3.05) is 0 Å². The Morgan fingerprint density at radius 2 is 1.33 bits per heavy atom. The molecule has 0 saturated heterocycles. The molecule has 0 aliphatic rings. The van der Waals surface area contributed by atoms with E-state index < -0.39 is 0 Å². The Labute approximate surface area is 89.2 Å². The van der Waals surface area contributed by atoms with Crippen molar-refractivity contribution in [3.05, 3.63) is 35.9 Å². The first kappa shape index (κ1) is 13.4. The van der Waals surface area contributed by atoms with E-state index in [-0.39, 0.29) is 5.48 Å². The zero-order chi connectivity index (χ0) is 10.2. The number of aryl methyl sites for hydroxylation is 2. The van der Waals surface area contributed by atoms with E-state index in [0.717, 1.165) is 24.2 Å². The molecule has 2 aromatic rings. The van der Waals surface area contributed by atoms with Crippen molar-refractivity contribution < 1.29 is 5.48 Å². The lowest BCUT2D eigenvalue weighted by molar-refractivity contribution is 0.824. The highest BCUT2D eigenvalue weighted by Gasteiger charge is 1.84. The highest BCUT2D eigenvalue weighted by Crippen LogP contribution is 1.89. The quantitative estimate of drug-likeness (QED) is 0.777. The molecule has 2 rings (SSSR count). The van der Waals surface area contributed by atoms with Crippen LogP contribution in [0.2, 0.25) is 0 Å². The largest absolute Gasteiger partial charge is 0.412 e. The second-order valence-corrected chi connectivity index (χ2v) is 2.84. The van der Waals surface area contributed by atoms with Crippen molar-refractivity contribution in [1.82, 2.24) is 20.4 Å². The van der Waals surface area contributed by atoms with Crippen LogP contribution in [0.25, 0.3) is 0 Å². The Hall–Kier alpha value is -1.62. The fourth-order valence-electron chi connectivity index (χ4n) is 0.976. The van der Waals surface area contributed by atoms with Gasteiger partial charge in [-0.25, -0.2) is 0 Å². The fourth-order valence-corrected chi connectivity index (χ4v) is 0.976. The summed E-state index contributed by atoms with van der Waals surface area (Å²) in [5, 5.41) is 13.3. The molecule has 0 fully saturated rings. The molecular weight excluding hydrogens is 192 g/mol. The number of hydrogen-bond donors (Lipinski definition) is 2. The zero-order valence-corrected chi connectivity index (χ0v) is 9.12. The second kappa shape index (κ2) is 7.75. The van der Waals surface area contributed by atoms with Crippen LogP contribution in [0, 0.1) is 0 Å². The van der Waals surface area contributed by atoms with Gasteiger partial charge in [0.25, 0.3) is 0 Å². The highest BCUT2D eigenvalue weighted by molar-refractivity contribution is 4.96. The summed E-state index contributed by atoms with van der Waals surface area (Å²) in [6.45, 7) is 4.16. The number of aromatic nitrogens is 4. The van der Waals surface area contributed by atoms with Gasteiger partial charge in [0.05, 0.1) is 11.4 Å². The van der Waals surface area contributed by atoms with Crippen molar-refractivity contribution >= 4 is 0 Å². The van der Waals surface area contributed by atoms with Crippen LogP contribution < -0.4 is 0 Å². The SMILES string of the molecule is CCc1cc[nH]n1.CCc1cc[nH]n1.O. The number of hydrogen-bond acceptors (Lipinski definition) is 2.